The Hall–Kier alpha value is -1.13. The van der Waals surface area contributed by atoms with Crippen molar-refractivity contribution in [1.29, 1.82) is 0 Å². The molecule has 102 valence electrons. The second-order valence-electron chi connectivity index (χ2n) is 4.44. The summed E-state index contributed by atoms with van der Waals surface area (Å²) in [6.07, 6.45) is 0.707. The van der Waals surface area contributed by atoms with Crippen molar-refractivity contribution in [2.45, 2.75) is 38.8 Å². The average molecular weight is 255 g/mol. The van der Waals surface area contributed by atoms with Gasteiger partial charge >= 0.3 is 0 Å². The van der Waals surface area contributed by atoms with Crippen LogP contribution >= 0.6 is 0 Å². The van der Waals surface area contributed by atoms with Gasteiger partial charge in [-0.05, 0) is 26.3 Å². The third-order valence-corrected chi connectivity index (χ3v) is 3.38. The minimum atomic E-state index is -0.581. The molecular formula is C14H22FNO2. The Morgan fingerprint density at radius 3 is 2.56 bits per heavy atom. The van der Waals surface area contributed by atoms with E-state index in [4.69, 9.17) is 15.2 Å². The fraction of sp³-hybridized carbons (Fsp3) is 0.571. The molecule has 0 heterocycles. The topological polar surface area (TPSA) is 44.5 Å². The molecule has 2 unspecified atom stereocenters. The smallest absolute Gasteiger partial charge is 0.169 e. The van der Waals surface area contributed by atoms with Crippen molar-refractivity contribution in [1.82, 2.24) is 0 Å². The van der Waals surface area contributed by atoms with Gasteiger partial charge < -0.3 is 15.2 Å². The molecule has 0 saturated carbocycles. The van der Waals surface area contributed by atoms with Crippen LogP contribution in [0.3, 0.4) is 0 Å². The molecule has 1 aromatic rings. The summed E-state index contributed by atoms with van der Waals surface area (Å²) in [5.41, 5.74) is 6.02. The number of hydrogen-bond acceptors (Lipinski definition) is 3. The van der Waals surface area contributed by atoms with Gasteiger partial charge in [-0.15, -0.1) is 0 Å². The molecule has 4 heteroatoms. The fourth-order valence-corrected chi connectivity index (χ4v) is 2.00. The summed E-state index contributed by atoms with van der Waals surface area (Å²) in [5.74, 6) is -0.204. The van der Waals surface area contributed by atoms with Crippen LogP contribution in [0.5, 0.6) is 5.75 Å². The Balaban J connectivity index is 3.13. The number of methoxy groups -OCH3 is 1. The second kappa shape index (κ2) is 6.16. The van der Waals surface area contributed by atoms with E-state index in [0.29, 0.717) is 18.6 Å². The van der Waals surface area contributed by atoms with E-state index in [1.54, 1.807) is 18.2 Å². The number of hydrogen-bond donors (Lipinski definition) is 1. The van der Waals surface area contributed by atoms with Gasteiger partial charge in [-0.3, -0.25) is 0 Å². The molecule has 0 aliphatic rings. The summed E-state index contributed by atoms with van der Waals surface area (Å²) in [6, 6.07) is 4.46. The van der Waals surface area contributed by atoms with Gasteiger partial charge in [0.2, 0.25) is 0 Å². The maximum absolute atomic E-state index is 14.2. The number of benzene rings is 1. The molecule has 0 aromatic heterocycles. The van der Waals surface area contributed by atoms with Crippen LogP contribution in [0.4, 0.5) is 4.39 Å². The molecule has 2 atom stereocenters. The zero-order valence-electron chi connectivity index (χ0n) is 11.5. The largest absolute Gasteiger partial charge is 0.494 e. The molecule has 1 aromatic carbocycles. The maximum Gasteiger partial charge on any atom is 0.169 e. The summed E-state index contributed by atoms with van der Waals surface area (Å²) in [7, 11) is 1.44. The molecule has 0 aliphatic carbocycles. The van der Waals surface area contributed by atoms with Gasteiger partial charge in [0.05, 0.1) is 18.8 Å². The van der Waals surface area contributed by atoms with Crippen LogP contribution in [0.25, 0.3) is 0 Å². The van der Waals surface area contributed by atoms with Crippen molar-refractivity contribution in [3.05, 3.63) is 29.6 Å². The minimum absolute atomic E-state index is 0.206. The quantitative estimate of drug-likeness (QED) is 0.849. The molecular weight excluding hydrogens is 233 g/mol. The van der Waals surface area contributed by atoms with Crippen LogP contribution in [0.15, 0.2) is 18.2 Å². The van der Waals surface area contributed by atoms with Crippen LogP contribution in [-0.2, 0) is 4.74 Å². The Labute approximate surface area is 108 Å². The van der Waals surface area contributed by atoms with Crippen molar-refractivity contribution >= 4 is 0 Å². The third-order valence-electron chi connectivity index (χ3n) is 3.38. The first kappa shape index (κ1) is 14.9. The van der Waals surface area contributed by atoms with Gasteiger partial charge in [0.25, 0.3) is 0 Å². The standard InChI is InChI=1S/C14H22FNO2/c1-5-14(3,18-6-2)13(16)10-8-7-9-11(17-4)12(10)15/h7-9,13H,5-6,16H2,1-4H3. The van der Waals surface area contributed by atoms with Crippen LogP contribution < -0.4 is 10.5 Å². The van der Waals surface area contributed by atoms with Crippen LogP contribution in [0.1, 0.15) is 38.8 Å². The van der Waals surface area contributed by atoms with E-state index in [0.717, 1.165) is 0 Å². The molecule has 0 fully saturated rings. The Morgan fingerprint density at radius 2 is 2.06 bits per heavy atom. The van der Waals surface area contributed by atoms with Crippen molar-refractivity contribution in [2.75, 3.05) is 13.7 Å². The Morgan fingerprint density at radius 1 is 1.39 bits per heavy atom. The van der Waals surface area contributed by atoms with Crippen molar-refractivity contribution in [2.24, 2.45) is 5.73 Å². The van der Waals surface area contributed by atoms with Gasteiger partial charge in [-0.1, -0.05) is 19.1 Å². The number of halogens is 1. The van der Waals surface area contributed by atoms with Crippen molar-refractivity contribution in [3.63, 3.8) is 0 Å². The van der Waals surface area contributed by atoms with E-state index in [9.17, 15) is 4.39 Å². The zero-order valence-corrected chi connectivity index (χ0v) is 11.5. The molecule has 0 radical (unpaired) electrons. The van der Waals surface area contributed by atoms with Gasteiger partial charge in [0.1, 0.15) is 0 Å². The molecule has 3 nitrogen and oxygen atoms in total. The normalized spacial score (nSPS) is 16.1. The molecule has 18 heavy (non-hydrogen) atoms. The summed E-state index contributed by atoms with van der Waals surface area (Å²) in [6.45, 7) is 6.33. The summed E-state index contributed by atoms with van der Waals surface area (Å²) >= 11 is 0. The summed E-state index contributed by atoms with van der Waals surface area (Å²) in [4.78, 5) is 0. The van der Waals surface area contributed by atoms with E-state index in [2.05, 4.69) is 0 Å². The molecule has 0 spiro atoms. The van der Waals surface area contributed by atoms with Gasteiger partial charge in [0.15, 0.2) is 11.6 Å². The highest BCUT2D eigenvalue weighted by atomic mass is 19.1. The van der Waals surface area contributed by atoms with Crippen LogP contribution in [0.2, 0.25) is 0 Å². The summed E-state index contributed by atoms with van der Waals surface area (Å²) < 4.78 is 24.8. The van der Waals surface area contributed by atoms with E-state index in [1.807, 2.05) is 20.8 Å². The number of ether oxygens (including phenoxy) is 2. The molecule has 2 N–H and O–H groups in total. The van der Waals surface area contributed by atoms with E-state index in [-0.39, 0.29) is 5.75 Å². The molecule has 0 bridgehead atoms. The molecule has 0 saturated heterocycles. The first-order chi connectivity index (χ1) is 8.50. The van der Waals surface area contributed by atoms with Gasteiger partial charge in [-0.25, -0.2) is 4.39 Å². The molecule has 0 aliphatic heterocycles. The molecule has 1 rings (SSSR count). The molecule has 0 amide bonds. The Kier molecular flexibility index (Phi) is 5.11. The monoisotopic (exact) mass is 255 g/mol. The number of nitrogens with two attached hydrogens (primary N) is 1. The lowest BCUT2D eigenvalue weighted by atomic mass is 9.88. The van der Waals surface area contributed by atoms with Gasteiger partial charge in [0, 0.05) is 12.2 Å². The highest BCUT2D eigenvalue weighted by Crippen LogP contribution is 2.33. The number of rotatable bonds is 6. The van der Waals surface area contributed by atoms with E-state index < -0.39 is 17.5 Å². The predicted molar refractivity (Wildman–Crippen MR) is 70.2 cm³/mol. The SMILES string of the molecule is CCOC(C)(CC)C(N)c1cccc(OC)c1F. The third kappa shape index (κ3) is 2.82. The fourth-order valence-electron chi connectivity index (χ4n) is 2.00. The highest BCUT2D eigenvalue weighted by molar-refractivity contribution is 5.34. The van der Waals surface area contributed by atoms with Crippen molar-refractivity contribution < 1.29 is 13.9 Å². The lowest BCUT2D eigenvalue weighted by Gasteiger charge is -2.34. The van der Waals surface area contributed by atoms with Crippen LogP contribution in [-0.4, -0.2) is 19.3 Å². The zero-order chi connectivity index (χ0) is 13.8. The van der Waals surface area contributed by atoms with E-state index in [1.165, 1.54) is 7.11 Å². The second-order valence-corrected chi connectivity index (χ2v) is 4.44. The van der Waals surface area contributed by atoms with Crippen molar-refractivity contribution in [3.8, 4) is 5.75 Å². The predicted octanol–water partition coefficient (Wildman–Crippen LogP) is 3.04. The minimum Gasteiger partial charge on any atom is -0.494 e. The maximum atomic E-state index is 14.2. The lowest BCUT2D eigenvalue weighted by molar-refractivity contribution is -0.0479. The average Bonchev–Trinajstić information content (AvgIpc) is 2.38. The first-order valence-electron chi connectivity index (χ1n) is 6.22. The summed E-state index contributed by atoms with van der Waals surface area (Å²) in [5, 5.41) is 0. The lowest BCUT2D eigenvalue weighted by Crippen LogP contribution is -2.41. The van der Waals surface area contributed by atoms with Gasteiger partial charge in [-0.2, -0.15) is 0 Å². The Bertz CT molecular complexity index is 397. The first-order valence-corrected chi connectivity index (χ1v) is 6.22. The van der Waals surface area contributed by atoms with Crippen LogP contribution in [0, 0.1) is 5.82 Å². The van der Waals surface area contributed by atoms with E-state index >= 15 is 0 Å². The highest BCUT2D eigenvalue weighted by Gasteiger charge is 2.33.